The normalized spacial score (nSPS) is 11.7. The van der Waals surface area contributed by atoms with Crippen LogP contribution in [0.2, 0.25) is 5.02 Å². The van der Waals surface area contributed by atoms with Crippen molar-refractivity contribution in [1.82, 2.24) is 5.32 Å². The highest BCUT2D eigenvalue weighted by molar-refractivity contribution is 7.98. The quantitative estimate of drug-likeness (QED) is 0.417. The summed E-state index contributed by atoms with van der Waals surface area (Å²) in [6, 6.07) is 23.2. The van der Waals surface area contributed by atoms with Gasteiger partial charge in [-0.05, 0) is 61.9 Å². The number of amides is 1. The number of halogens is 1. The number of hydrogen-bond acceptors (Lipinski definition) is 3. The second kappa shape index (κ2) is 10.4. The monoisotopic (exact) mass is 425 g/mol. The summed E-state index contributed by atoms with van der Waals surface area (Å²) in [5.74, 6) is 1.44. The van der Waals surface area contributed by atoms with Crippen LogP contribution in [0.4, 0.5) is 0 Å². The van der Waals surface area contributed by atoms with Crippen LogP contribution in [0.25, 0.3) is 0 Å². The minimum absolute atomic E-state index is 0.110. The van der Waals surface area contributed by atoms with Crippen molar-refractivity contribution >= 4 is 29.3 Å². The number of carbonyl (C=O) groups is 1. The van der Waals surface area contributed by atoms with E-state index < -0.39 is 0 Å². The lowest BCUT2D eigenvalue weighted by Gasteiger charge is -2.16. The Morgan fingerprint density at radius 2 is 1.79 bits per heavy atom. The molecule has 0 aromatic heterocycles. The number of ether oxygens (including phenoxy) is 1. The molecule has 0 saturated heterocycles. The Bertz CT molecular complexity index is 945. The van der Waals surface area contributed by atoms with Crippen molar-refractivity contribution < 1.29 is 9.53 Å². The maximum Gasteiger partial charge on any atom is 0.251 e. The summed E-state index contributed by atoms with van der Waals surface area (Å²) < 4.78 is 5.76. The summed E-state index contributed by atoms with van der Waals surface area (Å²) in [6.07, 6.45) is 0. The molecule has 0 spiro atoms. The van der Waals surface area contributed by atoms with Crippen LogP contribution in [-0.4, -0.2) is 12.5 Å². The molecule has 5 heteroatoms. The van der Waals surface area contributed by atoms with E-state index in [4.69, 9.17) is 16.3 Å². The van der Waals surface area contributed by atoms with Gasteiger partial charge in [0.15, 0.2) is 0 Å². The lowest BCUT2D eigenvalue weighted by molar-refractivity contribution is 0.0939. The van der Waals surface area contributed by atoms with Gasteiger partial charge in [-0.15, -0.1) is 11.8 Å². The van der Waals surface area contributed by atoms with Gasteiger partial charge in [0, 0.05) is 26.8 Å². The molecule has 1 N–H and O–H groups in total. The zero-order valence-electron chi connectivity index (χ0n) is 16.5. The van der Waals surface area contributed by atoms with Gasteiger partial charge in [-0.3, -0.25) is 4.79 Å². The SMILES string of the molecule is CCOc1ccc(C(=O)NC(C)c2ccc(Cl)cc2)cc1CSc1ccccc1. The Balaban J connectivity index is 1.74. The summed E-state index contributed by atoms with van der Waals surface area (Å²) >= 11 is 7.67. The van der Waals surface area contributed by atoms with E-state index in [2.05, 4.69) is 17.4 Å². The molecule has 0 bridgehead atoms. The van der Waals surface area contributed by atoms with Crippen LogP contribution >= 0.6 is 23.4 Å². The molecular formula is C24H24ClNO2S. The predicted molar refractivity (Wildman–Crippen MR) is 121 cm³/mol. The van der Waals surface area contributed by atoms with Crippen molar-refractivity contribution in [3.05, 3.63) is 94.5 Å². The molecule has 0 aliphatic rings. The first-order valence-electron chi connectivity index (χ1n) is 9.56. The maximum atomic E-state index is 12.8. The van der Waals surface area contributed by atoms with Crippen molar-refractivity contribution in [3.8, 4) is 5.75 Å². The van der Waals surface area contributed by atoms with Gasteiger partial charge in [-0.1, -0.05) is 41.9 Å². The molecule has 150 valence electrons. The van der Waals surface area contributed by atoms with E-state index in [9.17, 15) is 4.79 Å². The second-order valence-electron chi connectivity index (χ2n) is 6.60. The molecule has 29 heavy (non-hydrogen) atoms. The first-order valence-corrected chi connectivity index (χ1v) is 10.9. The van der Waals surface area contributed by atoms with Crippen LogP contribution in [0.15, 0.2) is 77.7 Å². The van der Waals surface area contributed by atoms with Gasteiger partial charge in [0.05, 0.1) is 12.6 Å². The lowest BCUT2D eigenvalue weighted by Crippen LogP contribution is -2.26. The standard InChI is InChI=1S/C24H24ClNO2S/c1-3-28-23-14-11-19(15-20(23)16-29-22-7-5-4-6-8-22)24(27)26-17(2)18-9-12-21(25)13-10-18/h4-15,17H,3,16H2,1-2H3,(H,26,27). The molecule has 1 unspecified atom stereocenters. The average molecular weight is 426 g/mol. The number of benzene rings is 3. The molecule has 0 heterocycles. The molecular weight excluding hydrogens is 402 g/mol. The van der Waals surface area contributed by atoms with E-state index in [1.165, 1.54) is 4.90 Å². The average Bonchev–Trinajstić information content (AvgIpc) is 2.74. The highest BCUT2D eigenvalue weighted by atomic mass is 35.5. The van der Waals surface area contributed by atoms with Crippen molar-refractivity contribution in [1.29, 1.82) is 0 Å². The van der Waals surface area contributed by atoms with E-state index in [0.717, 1.165) is 22.6 Å². The van der Waals surface area contributed by atoms with E-state index in [-0.39, 0.29) is 11.9 Å². The number of thioether (sulfide) groups is 1. The number of nitrogens with one attached hydrogen (secondary N) is 1. The topological polar surface area (TPSA) is 38.3 Å². The van der Waals surface area contributed by atoms with Crippen LogP contribution in [0.5, 0.6) is 5.75 Å². The Morgan fingerprint density at radius 3 is 2.48 bits per heavy atom. The minimum atomic E-state index is -0.117. The zero-order valence-corrected chi connectivity index (χ0v) is 18.1. The third-order valence-electron chi connectivity index (χ3n) is 4.48. The van der Waals surface area contributed by atoms with Crippen molar-refractivity contribution in [2.75, 3.05) is 6.61 Å². The molecule has 0 saturated carbocycles. The summed E-state index contributed by atoms with van der Waals surface area (Å²) in [6.45, 7) is 4.51. The van der Waals surface area contributed by atoms with E-state index >= 15 is 0 Å². The largest absolute Gasteiger partial charge is 0.494 e. The molecule has 3 aromatic rings. The Morgan fingerprint density at radius 1 is 1.07 bits per heavy atom. The molecule has 0 aliphatic heterocycles. The number of rotatable bonds is 8. The first-order chi connectivity index (χ1) is 14.1. The third-order valence-corrected chi connectivity index (χ3v) is 5.79. The highest BCUT2D eigenvalue weighted by Crippen LogP contribution is 2.29. The predicted octanol–water partition coefficient (Wildman–Crippen LogP) is 6.52. The van der Waals surface area contributed by atoms with Gasteiger partial charge in [0.25, 0.3) is 5.91 Å². The van der Waals surface area contributed by atoms with E-state index in [0.29, 0.717) is 17.2 Å². The zero-order chi connectivity index (χ0) is 20.6. The van der Waals surface area contributed by atoms with Crippen LogP contribution in [0.1, 0.15) is 41.4 Å². The molecule has 0 aliphatic carbocycles. The van der Waals surface area contributed by atoms with Crippen molar-refractivity contribution in [3.63, 3.8) is 0 Å². The van der Waals surface area contributed by atoms with Crippen LogP contribution in [0.3, 0.4) is 0 Å². The molecule has 1 amide bonds. The molecule has 3 nitrogen and oxygen atoms in total. The van der Waals surface area contributed by atoms with Gasteiger partial charge in [-0.25, -0.2) is 0 Å². The first kappa shape index (κ1) is 21.3. The fourth-order valence-corrected chi connectivity index (χ4v) is 3.95. The van der Waals surface area contributed by atoms with Gasteiger partial charge in [0.1, 0.15) is 5.75 Å². The number of hydrogen-bond donors (Lipinski definition) is 1. The molecule has 3 rings (SSSR count). The third kappa shape index (κ3) is 6.02. The fraction of sp³-hybridized carbons (Fsp3) is 0.208. The Kier molecular flexibility index (Phi) is 7.62. The van der Waals surface area contributed by atoms with Crippen LogP contribution < -0.4 is 10.1 Å². The van der Waals surface area contributed by atoms with Crippen molar-refractivity contribution in [2.24, 2.45) is 0 Å². The van der Waals surface area contributed by atoms with Crippen LogP contribution in [0, 0.1) is 0 Å². The maximum absolute atomic E-state index is 12.8. The smallest absolute Gasteiger partial charge is 0.251 e. The van der Waals surface area contributed by atoms with E-state index in [1.54, 1.807) is 11.8 Å². The minimum Gasteiger partial charge on any atom is -0.494 e. The fourth-order valence-electron chi connectivity index (χ4n) is 2.92. The summed E-state index contributed by atoms with van der Waals surface area (Å²) in [7, 11) is 0. The molecule has 0 radical (unpaired) electrons. The Labute approximate surface area is 181 Å². The Hall–Kier alpha value is -2.43. The summed E-state index contributed by atoms with van der Waals surface area (Å²) in [5.41, 5.74) is 2.64. The van der Waals surface area contributed by atoms with Gasteiger partial charge in [-0.2, -0.15) is 0 Å². The van der Waals surface area contributed by atoms with Crippen LogP contribution in [-0.2, 0) is 5.75 Å². The van der Waals surface area contributed by atoms with Gasteiger partial charge in [0.2, 0.25) is 0 Å². The van der Waals surface area contributed by atoms with Gasteiger partial charge >= 0.3 is 0 Å². The van der Waals surface area contributed by atoms with Crippen molar-refractivity contribution in [2.45, 2.75) is 30.5 Å². The molecule has 0 fully saturated rings. The molecule has 1 atom stereocenters. The lowest BCUT2D eigenvalue weighted by atomic mass is 10.1. The summed E-state index contributed by atoms with van der Waals surface area (Å²) in [5, 5.41) is 3.73. The summed E-state index contributed by atoms with van der Waals surface area (Å²) in [4.78, 5) is 14.0. The number of carbonyl (C=O) groups excluding carboxylic acids is 1. The highest BCUT2D eigenvalue weighted by Gasteiger charge is 2.14. The van der Waals surface area contributed by atoms with Gasteiger partial charge < -0.3 is 10.1 Å². The second-order valence-corrected chi connectivity index (χ2v) is 8.09. The van der Waals surface area contributed by atoms with E-state index in [1.807, 2.05) is 74.5 Å². The molecule has 3 aromatic carbocycles.